The van der Waals surface area contributed by atoms with Gasteiger partial charge in [-0.1, -0.05) is 30.0 Å². The quantitative estimate of drug-likeness (QED) is 0.735. The third-order valence-electron chi connectivity index (χ3n) is 2.14. The number of ether oxygens (including phenoxy) is 1. The Balaban J connectivity index is 2.72. The van der Waals surface area contributed by atoms with Gasteiger partial charge in [0.25, 0.3) is 0 Å². The summed E-state index contributed by atoms with van der Waals surface area (Å²) in [6, 6.07) is 5.88. The van der Waals surface area contributed by atoms with Crippen LogP contribution in [-0.4, -0.2) is 18.0 Å². The van der Waals surface area contributed by atoms with Crippen molar-refractivity contribution in [3.8, 4) is 5.75 Å². The van der Waals surface area contributed by atoms with E-state index in [1.165, 1.54) is 11.8 Å². The number of carbonyl (C=O) groups is 1. The number of hydrogen-bond donors (Lipinski definition) is 0. The largest absolute Gasteiger partial charge is 0.496 e. The monoisotopic (exact) mass is 236 g/mol. The highest BCUT2D eigenvalue weighted by atomic mass is 32.2. The highest BCUT2D eigenvalue weighted by Gasteiger charge is 2.08. The average Bonchev–Trinajstić information content (AvgIpc) is 2.28. The first-order chi connectivity index (χ1) is 7.67. The number of methoxy groups -OCH3 is 1. The Hall–Kier alpha value is -1.22. The van der Waals surface area contributed by atoms with Crippen molar-refractivity contribution in [2.24, 2.45) is 0 Å². The number of rotatable bonds is 5. The summed E-state index contributed by atoms with van der Waals surface area (Å²) >= 11 is 1.28. The molecular formula is C13H16O2S. The Morgan fingerprint density at radius 2 is 2.31 bits per heavy atom. The van der Waals surface area contributed by atoms with Crippen molar-refractivity contribution < 1.29 is 9.53 Å². The molecule has 0 aliphatic heterocycles. The van der Waals surface area contributed by atoms with Crippen molar-refractivity contribution in [3.63, 3.8) is 0 Å². The normalized spacial score (nSPS) is 9.88. The molecule has 0 unspecified atom stereocenters. The summed E-state index contributed by atoms with van der Waals surface area (Å²) in [5.74, 6) is 1.44. The van der Waals surface area contributed by atoms with Gasteiger partial charge in [-0.2, -0.15) is 0 Å². The van der Waals surface area contributed by atoms with E-state index in [1.54, 1.807) is 13.2 Å². The molecule has 0 aliphatic rings. The molecule has 3 heteroatoms. The third kappa shape index (κ3) is 3.74. The van der Waals surface area contributed by atoms with Gasteiger partial charge in [0.1, 0.15) is 5.75 Å². The lowest BCUT2D eigenvalue weighted by Gasteiger charge is -2.08. The van der Waals surface area contributed by atoms with Gasteiger partial charge in [-0.25, -0.2) is 0 Å². The van der Waals surface area contributed by atoms with Gasteiger partial charge in [0.15, 0.2) is 5.12 Å². The van der Waals surface area contributed by atoms with Crippen molar-refractivity contribution in [3.05, 3.63) is 42.0 Å². The Kier molecular flexibility index (Phi) is 5.12. The number of carbonyl (C=O) groups excluding carboxylic acids is 1. The molecule has 0 fully saturated rings. The Morgan fingerprint density at radius 3 is 2.94 bits per heavy atom. The van der Waals surface area contributed by atoms with E-state index in [4.69, 9.17) is 4.74 Å². The van der Waals surface area contributed by atoms with Crippen LogP contribution < -0.4 is 4.74 Å². The number of thioether (sulfide) groups is 1. The van der Waals surface area contributed by atoms with Crippen LogP contribution >= 0.6 is 11.8 Å². The third-order valence-corrected chi connectivity index (χ3v) is 3.01. The van der Waals surface area contributed by atoms with Crippen molar-refractivity contribution >= 4 is 16.9 Å². The van der Waals surface area contributed by atoms with Crippen LogP contribution in [0.4, 0.5) is 0 Å². The molecule has 16 heavy (non-hydrogen) atoms. The van der Waals surface area contributed by atoms with E-state index in [9.17, 15) is 4.79 Å². The molecule has 0 saturated heterocycles. The molecule has 86 valence electrons. The van der Waals surface area contributed by atoms with Gasteiger partial charge in [0.05, 0.1) is 7.11 Å². The minimum atomic E-state index is 0.141. The first kappa shape index (κ1) is 12.8. The van der Waals surface area contributed by atoms with E-state index in [0.29, 0.717) is 12.2 Å². The lowest BCUT2D eigenvalue weighted by atomic mass is 10.1. The van der Waals surface area contributed by atoms with E-state index < -0.39 is 0 Å². The van der Waals surface area contributed by atoms with E-state index >= 15 is 0 Å². The van der Waals surface area contributed by atoms with Crippen LogP contribution in [0.15, 0.2) is 30.9 Å². The summed E-state index contributed by atoms with van der Waals surface area (Å²) in [6.07, 6.45) is 2.14. The first-order valence-electron chi connectivity index (χ1n) is 5.07. The molecule has 1 aromatic rings. The predicted octanol–water partition coefficient (Wildman–Crippen LogP) is 2.99. The lowest BCUT2D eigenvalue weighted by molar-refractivity contribution is -0.110. The van der Waals surface area contributed by atoms with E-state index in [0.717, 1.165) is 16.9 Å². The van der Waals surface area contributed by atoms with Crippen LogP contribution in [0.25, 0.3) is 0 Å². The maximum absolute atomic E-state index is 11.6. The maximum atomic E-state index is 11.6. The standard InChI is InChI=1S/C13H16O2S/c1-4-7-16-13(14)9-11-6-5-10(2)8-12(11)15-3/h4-6,8H,1,7,9H2,2-3H3. The number of hydrogen-bond acceptors (Lipinski definition) is 3. The molecule has 0 N–H and O–H groups in total. The highest BCUT2D eigenvalue weighted by Crippen LogP contribution is 2.22. The van der Waals surface area contributed by atoms with Gasteiger partial charge in [0, 0.05) is 17.7 Å². The van der Waals surface area contributed by atoms with Crippen molar-refractivity contribution in [2.45, 2.75) is 13.3 Å². The van der Waals surface area contributed by atoms with Gasteiger partial charge in [-0.05, 0) is 18.6 Å². The van der Waals surface area contributed by atoms with Crippen molar-refractivity contribution in [1.82, 2.24) is 0 Å². The second kappa shape index (κ2) is 6.38. The van der Waals surface area contributed by atoms with Gasteiger partial charge in [0.2, 0.25) is 0 Å². The van der Waals surface area contributed by atoms with E-state index in [2.05, 4.69) is 6.58 Å². The Labute approximate surface area is 101 Å². The fourth-order valence-electron chi connectivity index (χ4n) is 1.36. The molecule has 0 amide bonds. The zero-order chi connectivity index (χ0) is 12.0. The zero-order valence-corrected chi connectivity index (χ0v) is 10.5. The molecule has 0 aliphatic carbocycles. The van der Waals surface area contributed by atoms with Crippen LogP contribution in [0.1, 0.15) is 11.1 Å². The summed E-state index contributed by atoms with van der Waals surface area (Å²) in [7, 11) is 1.62. The van der Waals surface area contributed by atoms with Gasteiger partial charge in [-0.3, -0.25) is 4.79 Å². The molecule has 0 aromatic heterocycles. The molecule has 1 rings (SSSR count). The lowest BCUT2D eigenvalue weighted by Crippen LogP contribution is -2.01. The minimum absolute atomic E-state index is 0.141. The summed E-state index contributed by atoms with van der Waals surface area (Å²) < 4.78 is 5.25. The van der Waals surface area contributed by atoms with Crippen LogP contribution in [-0.2, 0) is 11.2 Å². The molecule has 0 atom stereocenters. The fourth-order valence-corrected chi connectivity index (χ4v) is 1.92. The molecule has 1 aromatic carbocycles. The van der Waals surface area contributed by atoms with Crippen LogP contribution in [0.2, 0.25) is 0 Å². The van der Waals surface area contributed by atoms with Gasteiger partial charge in [-0.15, -0.1) is 6.58 Å². The highest BCUT2D eigenvalue weighted by molar-refractivity contribution is 8.13. The van der Waals surface area contributed by atoms with Crippen LogP contribution in [0, 0.1) is 6.92 Å². The Morgan fingerprint density at radius 1 is 1.56 bits per heavy atom. The van der Waals surface area contributed by atoms with Gasteiger partial charge >= 0.3 is 0 Å². The van der Waals surface area contributed by atoms with E-state index in [1.807, 2.05) is 25.1 Å². The topological polar surface area (TPSA) is 26.3 Å². The summed E-state index contributed by atoms with van der Waals surface area (Å²) in [6.45, 7) is 5.59. The molecule has 2 nitrogen and oxygen atoms in total. The average molecular weight is 236 g/mol. The first-order valence-corrected chi connectivity index (χ1v) is 6.06. The number of benzene rings is 1. The molecule has 0 bridgehead atoms. The molecule has 0 spiro atoms. The fraction of sp³-hybridized carbons (Fsp3) is 0.308. The van der Waals surface area contributed by atoms with E-state index in [-0.39, 0.29) is 5.12 Å². The molecule has 0 radical (unpaired) electrons. The van der Waals surface area contributed by atoms with Crippen LogP contribution in [0.3, 0.4) is 0 Å². The SMILES string of the molecule is C=CCSC(=O)Cc1ccc(C)cc1OC. The van der Waals surface area contributed by atoms with Crippen LogP contribution in [0.5, 0.6) is 5.75 Å². The zero-order valence-electron chi connectivity index (χ0n) is 9.66. The molecule has 0 heterocycles. The summed E-state index contributed by atoms with van der Waals surface area (Å²) in [5.41, 5.74) is 2.07. The second-order valence-corrected chi connectivity index (χ2v) is 4.54. The summed E-state index contributed by atoms with van der Waals surface area (Å²) in [5, 5.41) is 0.141. The predicted molar refractivity (Wildman–Crippen MR) is 69.1 cm³/mol. The minimum Gasteiger partial charge on any atom is -0.496 e. The van der Waals surface area contributed by atoms with Crippen molar-refractivity contribution in [1.29, 1.82) is 0 Å². The number of aryl methyl sites for hydroxylation is 1. The maximum Gasteiger partial charge on any atom is 0.193 e. The Bertz CT molecular complexity index is 386. The van der Waals surface area contributed by atoms with Crippen molar-refractivity contribution in [2.75, 3.05) is 12.9 Å². The molecular weight excluding hydrogens is 220 g/mol. The summed E-state index contributed by atoms with van der Waals surface area (Å²) in [4.78, 5) is 11.6. The van der Waals surface area contributed by atoms with Gasteiger partial charge < -0.3 is 4.74 Å². The second-order valence-electron chi connectivity index (χ2n) is 3.46. The smallest absolute Gasteiger partial charge is 0.193 e. The molecule has 0 saturated carbocycles.